The smallest absolute Gasteiger partial charge is 0.227 e. The number of nitrogens with one attached hydrogen (secondary N) is 4. The summed E-state index contributed by atoms with van der Waals surface area (Å²) < 4.78 is 0. The van der Waals surface area contributed by atoms with E-state index in [0.717, 1.165) is 11.1 Å². The van der Waals surface area contributed by atoms with Crippen LogP contribution in [0.2, 0.25) is 0 Å². The normalized spacial score (nSPS) is 10.8. The highest BCUT2D eigenvalue weighted by atomic mass is 15.1. The van der Waals surface area contributed by atoms with Crippen LogP contribution in [0.15, 0.2) is 42.4 Å². The van der Waals surface area contributed by atoms with Gasteiger partial charge in [-0.15, -0.1) is 0 Å². The fraction of sp³-hybridized carbons (Fsp3) is 0.176. The first-order valence-electron chi connectivity index (χ1n) is 7.37. The van der Waals surface area contributed by atoms with Gasteiger partial charge >= 0.3 is 0 Å². The molecule has 2 rings (SSSR count). The van der Waals surface area contributed by atoms with Crippen LogP contribution in [0.1, 0.15) is 11.1 Å². The quantitative estimate of drug-likeness (QED) is 0.580. The van der Waals surface area contributed by atoms with Crippen molar-refractivity contribution in [1.29, 1.82) is 10.7 Å². The second kappa shape index (κ2) is 8.41. The number of aromatic nitrogens is 2. The van der Waals surface area contributed by atoms with Crippen molar-refractivity contribution in [3.63, 3.8) is 0 Å². The molecule has 0 atom stereocenters. The average Bonchev–Trinajstić information content (AvgIpc) is 2.62. The Labute approximate surface area is 141 Å². The van der Waals surface area contributed by atoms with E-state index in [9.17, 15) is 5.26 Å². The minimum absolute atomic E-state index is 0.385. The van der Waals surface area contributed by atoms with Crippen LogP contribution in [-0.2, 0) is 6.54 Å². The Hall–Kier alpha value is -3.24. The lowest BCUT2D eigenvalue weighted by Crippen LogP contribution is -2.08. The Kier molecular flexibility index (Phi) is 6.00. The molecule has 7 nitrogen and oxygen atoms in total. The van der Waals surface area contributed by atoms with Crippen LogP contribution < -0.4 is 16.0 Å². The van der Waals surface area contributed by atoms with Crippen LogP contribution in [0, 0.1) is 16.7 Å². The summed E-state index contributed by atoms with van der Waals surface area (Å²) in [6.07, 6.45) is 4.45. The van der Waals surface area contributed by atoms with Crippen LogP contribution in [0.4, 0.5) is 5.95 Å². The van der Waals surface area contributed by atoms with Gasteiger partial charge in [-0.05, 0) is 24.7 Å². The van der Waals surface area contributed by atoms with E-state index in [1.165, 1.54) is 6.21 Å². The Morgan fingerprint density at radius 2 is 2.17 bits per heavy atom. The van der Waals surface area contributed by atoms with Crippen molar-refractivity contribution >= 4 is 12.2 Å². The Morgan fingerprint density at radius 3 is 2.83 bits per heavy atom. The standard InChI is InChI=1S/C17H19N7/c1-20-10-13-4-3-12(7-14(13)8-18)16-5-6-22-17(24-16)23-15(9-19)11-21-2/h3-7,9,11,19-21H,10H2,1-2H3,(H,22,23,24)/b15-11+,19-9?. The molecule has 1 heterocycles. The first kappa shape index (κ1) is 17.1. The van der Waals surface area contributed by atoms with Gasteiger partial charge in [0.1, 0.15) is 0 Å². The third-order valence-corrected chi connectivity index (χ3v) is 3.26. The summed E-state index contributed by atoms with van der Waals surface area (Å²) in [5.74, 6) is 0.385. The zero-order valence-corrected chi connectivity index (χ0v) is 13.6. The largest absolute Gasteiger partial charge is 0.392 e. The number of hydrogen-bond donors (Lipinski definition) is 4. The predicted octanol–water partition coefficient (Wildman–Crippen LogP) is 1.86. The molecule has 0 spiro atoms. The first-order chi connectivity index (χ1) is 11.7. The molecule has 0 aliphatic rings. The lowest BCUT2D eigenvalue weighted by Gasteiger charge is -2.09. The molecule has 0 saturated heterocycles. The predicted molar refractivity (Wildman–Crippen MR) is 94.5 cm³/mol. The highest BCUT2D eigenvalue weighted by Gasteiger charge is 2.07. The van der Waals surface area contributed by atoms with Crippen LogP contribution >= 0.6 is 0 Å². The molecule has 0 aliphatic heterocycles. The Bertz CT molecular complexity index is 790. The summed E-state index contributed by atoms with van der Waals surface area (Å²) in [5, 5.41) is 25.5. The van der Waals surface area contributed by atoms with E-state index in [0.29, 0.717) is 29.4 Å². The number of rotatable bonds is 7. The maximum atomic E-state index is 9.32. The molecule has 1 aromatic heterocycles. The van der Waals surface area contributed by atoms with E-state index < -0.39 is 0 Å². The van der Waals surface area contributed by atoms with Crippen molar-refractivity contribution < 1.29 is 0 Å². The number of anilines is 1. The molecule has 0 fully saturated rings. The SMILES string of the molecule is CN/C=C(\C=N)Nc1nccc(-c2ccc(CNC)c(C#N)c2)n1. The Balaban J connectivity index is 2.33. The first-order valence-corrected chi connectivity index (χ1v) is 7.37. The summed E-state index contributed by atoms with van der Waals surface area (Å²) >= 11 is 0. The van der Waals surface area contributed by atoms with Crippen LogP contribution in [0.5, 0.6) is 0 Å². The van der Waals surface area contributed by atoms with E-state index in [1.807, 2.05) is 25.2 Å². The van der Waals surface area contributed by atoms with Gasteiger partial charge in [-0.3, -0.25) is 0 Å². The van der Waals surface area contributed by atoms with Gasteiger partial charge in [-0.1, -0.05) is 12.1 Å². The van der Waals surface area contributed by atoms with Crippen LogP contribution in [-0.4, -0.2) is 30.3 Å². The van der Waals surface area contributed by atoms with Crippen LogP contribution in [0.3, 0.4) is 0 Å². The minimum atomic E-state index is 0.385. The zero-order chi connectivity index (χ0) is 17.4. The topological polar surface area (TPSA) is 110 Å². The van der Waals surface area contributed by atoms with Gasteiger partial charge in [-0.25, -0.2) is 9.97 Å². The molecule has 7 heteroatoms. The molecule has 0 bridgehead atoms. The number of nitrogens with zero attached hydrogens (tertiary/aromatic N) is 3. The van der Waals surface area contributed by atoms with Gasteiger partial charge < -0.3 is 21.4 Å². The third kappa shape index (κ3) is 4.15. The molecule has 0 saturated carbocycles. The van der Waals surface area contributed by atoms with Crippen molar-refractivity contribution in [3.8, 4) is 17.3 Å². The van der Waals surface area contributed by atoms with E-state index in [2.05, 4.69) is 32.0 Å². The van der Waals surface area contributed by atoms with Crippen molar-refractivity contribution in [3.05, 3.63) is 53.5 Å². The summed E-state index contributed by atoms with van der Waals surface area (Å²) in [6, 6.07) is 9.67. The highest BCUT2D eigenvalue weighted by molar-refractivity contribution is 5.79. The molecule has 122 valence electrons. The number of allylic oxidation sites excluding steroid dienone is 1. The van der Waals surface area contributed by atoms with Gasteiger partial charge in [0.05, 0.1) is 23.0 Å². The van der Waals surface area contributed by atoms with Crippen molar-refractivity contribution in [2.75, 3.05) is 19.4 Å². The zero-order valence-electron chi connectivity index (χ0n) is 13.6. The fourth-order valence-corrected chi connectivity index (χ4v) is 2.16. The van der Waals surface area contributed by atoms with Crippen LogP contribution in [0.25, 0.3) is 11.3 Å². The van der Waals surface area contributed by atoms with Gasteiger partial charge in [0.25, 0.3) is 0 Å². The number of hydrogen-bond acceptors (Lipinski definition) is 7. The van der Waals surface area contributed by atoms with Gasteiger partial charge in [0.15, 0.2) is 0 Å². The van der Waals surface area contributed by atoms with E-state index in [1.54, 1.807) is 25.5 Å². The van der Waals surface area contributed by atoms with Gasteiger partial charge in [-0.2, -0.15) is 5.26 Å². The lowest BCUT2D eigenvalue weighted by molar-refractivity contribution is 0.816. The van der Waals surface area contributed by atoms with Crippen molar-refractivity contribution in [2.45, 2.75) is 6.54 Å². The maximum absolute atomic E-state index is 9.32. The number of benzene rings is 1. The van der Waals surface area contributed by atoms with Gasteiger partial charge in [0.2, 0.25) is 5.95 Å². The molecule has 1 aromatic carbocycles. The molecule has 2 aromatic rings. The summed E-state index contributed by atoms with van der Waals surface area (Å²) in [7, 11) is 3.59. The monoisotopic (exact) mass is 321 g/mol. The fourth-order valence-electron chi connectivity index (χ4n) is 2.16. The second-order valence-corrected chi connectivity index (χ2v) is 4.94. The molecule has 0 aliphatic carbocycles. The summed E-state index contributed by atoms with van der Waals surface area (Å²) in [6.45, 7) is 0.636. The maximum Gasteiger partial charge on any atom is 0.227 e. The summed E-state index contributed by atoms with van der Waals surface area (Å²) in [4.78, 5) is 8.60. The second-order valence-electron chi connectivity index (χ2n) is 4.94. The Morgan fingerprint density at radius 1 is 1.33 bits per heavy atom. The van der Waals surface area contributed by atoms with Gasteiger partial charge in [0, 0.05) is 37.8 Å². The molecular weight excluding hydrogens is 302 g/mol. The van der Waals surface area contributed by atoms with E-state index in [-0.39, 0.29) is 0 Å². The molecule has 0 radical (unpaired) electrons. The van der Waals surface area contributed by atoms with E-state index >= 15 is 0 Å². The van der Waals surface area contributed by atoms with Crippen molar-refractivity contribution in [1.82, 2.24) is 20.6 Å². The lowest BCUT2D eigenvalue weighted by atomic mass is 10.0. The highest BCUT2D eigenvalue weighted by Crippen LogP contribution is 2.21. The van der Waals surface area contributed by atoms with Crippen molar-refractivity contribution in [2.24, 2.45) is 0 Å². The molecular formula is C17H19N7. The third-order valence-electron chi connectivity index (χ3n) is 3.26. The molecule has 4 N–H and O–H groups in total. The average molecular weight is 321 g/mol. The molecule has 0 unspecified atom stereocenters. The molecule has 0 amide bonds. The van der Waals surface area contributed by atoms with E-state index in [4.69, 9.17) is 5.41 Å². The number of nitriles is 1. The minimum Gasteiger partial charge on any atom is -0.392 e. The molecule has 24 heavy (non-hydrogen) atoms. The summed E-state index contributed by atoms with van der Waals surface area (Å²) in [5.41, 5.74) is 3.64.